The van der Waals surface area contributed by atoms with E-state index in [2.05, 4.69) is 12.1 Å². The smallest absolute Gasteiger partial charge is 0.126 e. The monoisotopic (exact) mass is 362 g/mol. The van der Waals surface area contributed by atoms with Crippen LogP contribution in [0.4, 0.5) is 0 Å². The average molecular weight is 362 g/mol. The van der Waals surface area contributed by atoms with Crippen LogP contribution in [0.25, 0.3) is 0 Å². The van der Waals surface area contributed by atoms with Gasteiger partial charge in [-0.05, 0) is 47.9 Å². The number of phenols is 2. The van der Waals surface area contributed by atoms with Crippen molar-refractivity contribution in [3.8, 4) is 23.0 Å². The average Bonchev–Trinajstić information content (AvgIpc) is 2.67. The maximum atomic E-state index is 9.85. The fraction of sp³-hybridized carbons (Fsp3) is 0.217. The summed E-state index contributed by atoms with van der Waals surface area (Å²) in [6.45, 7) is 2.53. The van der Waals surface area contributed by atoms with Crippen LogP contribution >= 0.6 is 0 Å². The van der Waals surface area contributed by atoms with Gasteiger partial charge < -0.3 is 19.7 Å². The Morgan fingerprint density at radius 3 is 2.30 bits per heavy atom. The van der Waals surface area contributed by atoms with Crippen LogP contribution in [0.5, 0.6) is 23.0 Å². The van der Waals surface area contributed by atoms with Crippen molar-refractivity contribution < 1.29 is 19.7 Å². The minimum absolute atomic E-state index is 0.0727. The van der Waals surface area contributed by atoms with Crippen molar-refractivity contribution in [2.45, 2.75) is 18.8 Å². The molecule has 0 fully saturated rings. The summed E-state index contributed by atoms with van der Waals surface area (Å²) in [6.07, 6.45) is 0. The second kappa shape index (κ2) is 6.88. The highest BCUT2D eigenvalue weighted by atomic mass is 16.5. The molecule has 0 spiro atoms. The zero-order chi connectivity index (χ0) is 19.0. The first kappa shape index (κ1) is 17.3. The molecule has 4 heteroatoms. The number of methoxy groups -OCH3 is 1. The molecule has 3 aromatic carbocycles. The van der Waals surface area contributed by atoms with Gasteiger partial charge in [-0.2, -0.15) is 0 Å². The second-order valence-corrected chi connectivity index (χ2v) is 6.94. The number of phenolic OH excluding ortho intramolecular Hbond substituents is 2. The molecule has 4 nitrogen and oxygen atoms in total. The Balaban J connectivity index is 1.85. The number of aryl methyl sites for hydroxylation is 1. The van der Waals surface area contributed by atoms with Crippen LogP contribution in [-0.2, 0) is 0 Å². The van der Waals surface area contributed by atoms with E-state index in [-0.39, 0.29) is 23.3 Å². The first-order valence-corrected chi connectivity index (χ1v) is 8.96. The van der Waals surface area contributed by atoms with Crippen molar-refractivity contribution in [2.24, 2.45) is 0 Å². The maximum Gasteiger partial charge on any atom is 0.126 e. The molecule has 2 N–H and O–H groups in total. The van der Waals surface area contributed by atoms with Gasteiger partial charge in [0.05, 0.1) is 13.7 Å². The van der Waals surface area contributed by atoms with E-state index in [0.717, 1.165) is 22.4 Å². The lowest BCUT2D eigenvalue weighted by molar-refractivity contribution is 0.247. The summed E-state index contributed by atoms with van der Waals surface area (Å²) in [6, 6.07) is 18.8. The van der Waals surface area contributed by atoms with Crippen LogP contribution < -0.4 is 9.47 Å². The second-order valence-electron chi connectivity index (χ2n) is 6.94. The molecular formula is C23H22O4. The standard InChI is InChI=1S/C23H22O4/c1-14-11-16(5-10-21(14)26-2)23-19-9-8-18(25)12-22(19)27-13-20(23)15-3-6-17(24)7-4-15/h3-12,20,23-25H,13H2,1-2H3. The highest BCUT2D eigenvalue weighted by molar-refractivity contribution is 5.52. The molecular weight excluding hydrogens is 340 g/mol. The van der Waals surface area contributed by atoms with Gasteiger partial charge in [0.15, 0.2) is 0 Å². The number of ether oxygens (including phenoxy) is 2. The molecule has 1 aliphatic rings. The molecule has 2 atom stereocenters. The highest BCUT2D eigenvalue weighted by Crippen LogP contribution is 2.47. The maximum absolute atomic E-state index is 9.85. The fourth-order valence-corrected chi connectivity index (χ4v) is 3.91. The van der Waals surface area contributed by atoms with Gasteiger partial charge in [-0.1, -0.05) is 30.3 Å². The summed E-state index contributed by atoms with van der Waals surface area (Å²) in [5.74, 6) is 2.18. The van der Waals surface area contributed by atoms with Crippen molar-refractivity contribution in [3.63, 3.8) is 0 Å². The van der Waals surface area contributed by atoms with E-state index in [1.54, 1.807) is 31.4 Å². The van der Waals surface area contributed by atoms with E-state index in [9.17, 15) is 10.2 Å². The van der Waals surface area contributed by atoms with Crippen molar-refractivity contribution in [2.75, 3.05) is 13.7 Å². The molecule has 0 saturated heterocycles. The molecule has 0 aromatic heterocycles. The van der Waals surface area contributed by atoms with E-state index >= 15 is 0 Å². The predicted octanol–water partition coefficient (Wildman–Crippen LogP) is 4.72. The van der Waals surface area contributed by atoms with E-state index in [0.29, 0.717) is 12.4 Å². The number of hydrogen-bond acceptors (Lipinski definition) is 4. The lowest BCUT2D eigenvalue weighted by Gasteiger charge is -2.34. The van der Waals surface area contributed by atoms with E-state index in [1.807, 2.05) is 31.2 Å². The molecule has 3 aromatic rings. The SMILES string of the molecule is COc1ccc(C2c3ccc(O)cc3OCC2c2ccc(O)cc2)cc1C. The first-order valence-electron chi connectivity index (χ1n) is 8.96. The van der Waals surface area contributed by atoms with Gasteiger partial charge in [0.1, 0.15) is 23.0 Å². The number of rotatable bonds is 3. The van der Waals surface area contributed by atoms with Crippen LogP contribution in [-0.4, -0.2) is 23.9 Å². The van der Waals surface area contributed by atoms with Crippen LogP contribution in [0, 0.1) is 6.92 Å². The molecule has 0 radical (unpaired) electrons. The van der Waals surface area contributed by atoms with Crippen molar-refractivity contribution in [1.29, 1.82) is 0 Å². The molecule has 0 saturated carbocycles. The third kappa shape index (κ3) is 3.19. The zero-order valence-electron chi connectivity index (χ0n) is 15.3. The molecule has 1 heterocycles. The summed E-state index contributed by atoms with van der Waals surface area (Å²) in [5, 5.41) is 19.5. The number of hydrogen-bond donors (Lipinski definition) is 2. The van der Waals surface area contributed by atoms with Gasteiger partial charge in [0.2, 0.25) is 0 Å². The van der Waals surface area contributed by atoms with Crippen LogP contribution in [0.15, 0.2) is 60.7 Å². The largest absolute Gasteiger partial charge is 0.508 e. The van der Waals surface area contributed by atoms with Gasteiger partial charge in [0, 0.05) is 23.5 Å². The molecule has 0 aliphatic carbocycles. The topological polar surface area (TPSA) is 58.9 Å². The summed E-state index contributed by atoms with van der Waals surface area (Å²) in [7, 11) is 1.67. The summed E-state index contributed by atoms with van der Waals surface area (Å²) < 4.78 is 11.4. The zero-order valence-corrected chi connectivity index (χ0v) is 15.3. The third-order valence-electron chi connectivity index (χ3n) is 5.25. The van der Waals surface area contributed by atoms with Gasteiger partial charge in [-0.25, -0.2) is 0 Å². The van der Waals surface area contributed by atoms with Crippen molar-refractivity contribution >= 4 is 0 Å². The molecule has 27 heavy (non-hydrogen) atoms. The van der Waals surface area contributed by atoms with Crippen LogP contribution in [0.3, 0.4) is 0 Å². The lowest BCUT2D eigenvalue weighted by Crippen LogP contribution is -2.25. The van der Waals surface area contributed by atoms with E-state index in [4.69, 9.17) is 9.47 Å². The highest BCUT2D eigenvalue weighted by Gasteiger charge is 2.33. The Labute approximate surface area is 158 Å². The van der Waals surface area contributed by atoms with Gasteiger partial charge >= 0.3 is 0 Å². The Morgan fingerprint density at radius 2 is 1.59 bits per heavy atom. The van der Waals surface area contributed by atoms with Crippen molar-refractivity contribution in [3.05, 3.63) is 82.9 Å². The van der Waals surface area contributed by atoms with Crippen LogP contribution in [0.1, 0.15) is 34.1 Å². The number of fused-ring (bicyclic) bond motifs is 1. The molecule has 138 valence electrons. The van der Waals surface area contributed by atoms with E-state index in [1.165, 1.54) is 5.56 Å². The Kier molecular flexibility index (Phi) is 4.40. The number of benzene rings is 3. The summed E-state index contributed by atoms with van der Waals surface area (Å²) in [4.78, 5) is 0. The van der Waals surface area contributed by atoms with E-state index < -0.39 is 0 Å². The Hall–Kier alpha value is -3.14. The predicted molar refractivity (Wildman–Crippen MR) is 104 cm³/mol. The van der Waals surface area contributed by atoms with Gasteiger partial charge in [-0.15, -0.1) is 0 Å². The molecule has 0 bridgehead atoms. The molecule has 4 rings (SSSR count). The minimum Gasteiger partial charge on any atom is -0.508 e. The summed E-state index contributed by atoms with van der Waals surface area (Å²) >= 11 is 0. The Morgan fingerprint density at radius 1 is 0.889 bits per heavy atom. The first-order chi connectivity index (χ1) is 13.1. The normalized spacial score (nSPS) is 18.4. The fourth-order valence-electron chi connectivity index (χ4n) is 3.91. The lowest BCUT2D eigenvalue weighted by atomic mass is 9.75. The summed E-state index contributed by atoms with van der Waals surface area (Å²) in [5.41, 5.74) is 4.39. The minimum atomic E-state index is 0.0727. The molecule has 1 aliphatic heterocycles. The quantitative estimate of drug-likeness (QED) is 0.708. The van der Waals surface area contributed by atoms with Gasteiger partial charge in [-0.3, -0.25) is 0 Å². The van der Waals surface area contributed by atoms with Crippen LogP contribution in [0.2, 0.25) is 0 Å². The Bertz CT molecular complexity index is 963. The number of aromatic hydroxyl groups is 2. The van der Waals surface area contributed by atoms with Crippen molar-refractivity contribution in [1.82, 2.24) is 0 Å². The molecule has 2 unspecified atom stereocenters. The van der Waals surface area contributed by atoms with Gasteiger partial charge in [0.25, 0.3) is 0 Å². The molecule has 0 amide bonds. The third-order valence-corrected chi connectivity index (χ3v) is 5.25.